The molecule has 0 radical (unpaired) electrons. The molecule has 0 aliphatic carbocycles. The highest BCUT2D eigenvalue weighted by Gasteiger charge is 2.28. The van der Waals surface area contributed by atoms with Gasteiger partial charge in [0.25, 0.3) is 0 Å². The molecule has 0 N–H and O–H groups in total. The van der Waals surface area contributed by atoms with Crippen LogP contribution in [0, 0.1) is 0 Å². The van der Waals surface area contributed by atoms with E-state index in [0.717, 1.165) is 5.57 Å². The quantitative estimate of drug-likeness (QED) is 0.526. The van der Waals surface area contributed by atoms with E-state index in [9.17, 15) is 4.79 Å². The predicted molar refractivity (Wildman–Crippen MR) is 106 cm³/mol. The van der Waals surface area contributed by atoms with Crippen molar-refractivity contribution in [2.45, 2.75) is 6.92 Å². The topological polar surface area (TPSA) is 63.2 Å². The molecule has 0 aromatic heterocycles. The smallest absolute Gasteiger partial charge is 0.231 e. The number of fused-ring (bicyclic) bond motifs is 1. The lowest BCUT2D eigenvalue weighted by molar-refractivity contribution is 0.101. The molecule has 1 heterocycles. The maximum absolute atomic E-state index is 12.7. The Morgan fingerprint density at radius 3 is 2.32 bits per heavy atom. The number of rotatable bonds is 7. The standard InChI is InChI=1S/C22H22O6/c1-13(2)12-27-15-6-7-16-17(11-15)28-18(21(16)23)8-14-9-19(24-3)22(26-5)20(10-14)25-4/h6-11H,1,12H2,2-5H3. The normalized spacial score (nSPS) is 13.7. The van der Waals surface area contributed by atoms with Crippen LogP contribution in [0.1, 0.15) is 22.8 Å². The molecule has 6 nitrogen and oxygen atoms in total. The predicted octanol–water partition coefficient (Wildman–Crippen LogP) is 4.28. The van der Waals surface area contributed by atoms with Crippen LogP contribution in [0.2, 0.25) is 0 Å². The van der Waals surface area contributed by atoms with Crippen LogP contribution in [-0.2, 0) is 0 Å². The Balaban J connectivity index is 1.91. The zero-order valence-corrected chi connectivity index (χ0v) is 16.3. The third-order valence-corrected chi connectivity index (χ3v) is 4.11. The SMILES string of the molecule is C=C(C)COc1ccc2c(c1)OC(=Cc1cc(OC)c(OC)c(OC)c1)C2=O. The Hall–Kier alpha value is -3.41. The number of carbonyl (C=O) groups is 1. The summed E-state index contributed by atoms with van der Waals surface area (Å²) < 4.78 is 27.4. The molecule has 0 unspecified atom stereocenters. The molecule has 28 heavy (non-hydrogen) atoms. The molecule has 0 saturated carbocycles. The van der Waals surface area contributed by atoms with E-state index < -0.39 is 0 Å². The van der Waals surface area contributed by atoms with Crippen molar-refractivity contribution in [3.63, 3.8) is 0 Å². The zero-order valence-electron chi connectivity index (χ0n) is 16.3. The first kappa shape index (κ1) is 19.4. The van der Waals surface area contributed by atoms with Gasteiger partial charge in [-0.15, -0.1) is 0 Å². The summed E-state index contributed by atoms with van der Waals surface area (Å²) in [4.78, 5) is 12.7. The lowest BCUT2D eigenvalue weighted by Gasteiger charge is -2.13. The minimum Gasteiger partial charge on any atom is -0.493 e. The Morgan fingerprint density at radius 1 is 1.07 bits per heavy atom. The molecular weight excluding hydrogens is 360 g/mol. The van der Waals surface area contributed by atoms with Gasteiger partial charge < -0.3 is 23.7 Å². The van der Waals surface area contributed by atoms with Gasteiger partial charge in [0.1, 0.15) is 18.1 Å². The van der Waals surface area contributed by atoms with E-state index in [1.54, 1.807) is 36.4 Å². The van der Waals surface area contributed by atoms with Crippen molar-refractivity contribution in [1.82, 2.24) is 0 Å². The van der Waals surface area contributed by atoms with Crippen molar-refractivity contribution < 1.29 is 28.5 Å². The van der Waals surface area contributed by atoms with Crippen LogP contribution < -0.4 is 23.7 Å². The second-order valence-corrected chi connectivity index (χ2v) is 6.30. The van der Waals surface area contributed by atoms with E-state index >= 15 is 0 Å². The molecule has 2 aromatic rings. The highest BCUT2D eigenvalue weighted by molar-refractivity contribution is 6.14. The van der Waals surface area contributed by atoms with Gasteiger partial charge in [0, 0.05) is 6.07 Å². The number of methoxy groups -OCH3 is 3. The minimum atomic E-state index is -0.199. The van der Waals surface area contributed by atoms with Crippen LogP contribution in [0.3, 0.4) is 0 Å². The highest BCUT2D eigenvalue weighted by atomic mass is 16.5. The molecule has 0 atom stereocenters. The van der Waals surface area contributed by atoms with Gasteiger partial charge >= 0.3 is 0 Å². The number of hydrogen-bond donors (Lipinski definition) is 0. The van der Waals surface area contributed by atoms with E-state index in [1.807, 2.05) is 6.92 Å². The number of ketones is 1. The fourth-order valence-electron chi connectivity index (χ4n) is 2.80. The second kappa shape index (κ2) is 8.08. The molecule has 2 aromatic carbocycles. The summed E-state index contributed by atoms with van der Waals surface area (Å²) in [6.45, 7) is 6.09. The molecule has 6 heteroatoms. The van der Waals surface area contributed by atoms with Gasteiger partial charge in [0.05, 0.1) is 26.9 Å². The highest BCUT2D eigenvalue weighted by Crippen LogP contribution is 2.40. The summed E-state index contributed by atoms with van der Waals surface area (Å²) in [7, 11) is 4.60. The Kier molecular flexibility index (Phi) is 5.59. The summed E-state index contributed by atoms with van der Waals surface area (Å²) in [5.41, 5.74) is 2.08. The lowest BCUT2D eigenvalue weighted by Crippen LogP contribution is -1.99. The Bertz CT molecular complexity index is 932. The number of ether oxygens (including phenoxy) is 5. The molecule has 0 spiro atoms. The van der Waals surface area contributed by atoms with Gasteiger partial charge in [-0.2, -0.15) is 0 Å². The first-order valence-corrected chi connectivity index (χ1v) is 8.62. The van der Waals surface area contributed by atoms with Crippen molar-refractivity contribution >= 4 is 11.9 Å². The van der Waals surface area contributed by atoms with Crippen LogP contribution in [0.15, 0.2) is 48.2 Å². The van der Waals surface area contributed by atoms with Crippen LogP contribution in [0.5, 0.6) is 28.7 Å². The third-order valence-electron chi connectivity index (χ3n) is 4.11. The van der Waals surface area contributed by atoms with Crippen LogP contribution >= 0.6 is 0 Å². The molecule has 1 aliphatic heterocycles. The van der Waals surface area contributed by atoms with E-state index in [0.29, 0.717) is 46.5 Å². The van der Waals surface area contributed by atoms with Gasteiger partial charge in [-0.1, -0.05) is 6.58 Å². The first-order valence-electron chi connectivity index (χ1n) is 8.62. The van der Waals surface area contributed by atoms with Crippen molar-refractivity contribution in [3.05, 3.63) is 59.4 Å². The number of benzene rings is 2. The second-order valence-electron chi connectivity index (χ2n) is 6.30. The van der Waals surface area contributed by atoms with Crippen LogP contribution in [0.25, 0.3) is 6.08 Å². The van der Waals surface area contributed by atoms with Crippen molar-refractivity contribution in [2.24, 2.45) is 0 Å². The molecular formula is C22H22O6. The van der Waals surface area contributed by atoms with Crippen molar-refractivity contribution in [2.75, 3.05) is 27.9 Å². The lowest BCUT2D eigenvalue weighted by atomic mass is 10.1. The summed E-state index contributed by atoms with van der Waals surface area (Å²) in [6, 6.07) is 8.63. The number of Topliss-reactive ketones (excluding diaryl/α,β-unsaturated/α-hetero) is 1. The maximum Gasteiger partial charge on any atom is 0.231 e. The largest absolute Gasteiger partial charge is 0.493 e. The van der Waals surface area contributed by atoms with Crippen molar-refractivity contribution in [1.29, 1.82) is 0 Å². The van der Waals surface area contributed by atoms with Crippen LogP contribution in [-0.4, -0.2) is 33.7 Å². The summed E-state index contributed by atoms with van der Waals surface area (Å²) >= 11 is 0. The average molecular weight is 382 g/mol. The molecule has 1 aliphatic rings. The molecule has 0 fully saturated rings. The van der Waals surface area contributed by atoms with E-state index in [4.69, 9.17) is 23.7 Å². The molecule has 0 bridgehead atoms. The summed E-state index contributed by atoms with van der Waals surface area (Å²) in [5, 5.41) is 0. The molecule has 3 rings (SSSR count). The van der Waals surface area contributed by atoms with Gasteiger partial charge in [-0.05, 0) is 48.4 Å². The zero-order chi connectivity index (χ0) is 20.3. The van der Waals surface area contributed by atoms with Crippen molar-refractivity contribution in [3.8, 4) is 28.7 Å². The van der Waals surface area contributed by atoms with Gasteiger partial charge in [-0.3, -0.25) is 4.79 Å². The average Bonchev–Trinajstić information content (AvgIpc) is 3.00. The fourth-order valence-corrected chi connectivity index (χ4v) is 2.80. The van der Waals surface area contributed by atoms with Gasteiger partial charge in [0.2, 0.25) is 11.5 Å². The van der Waals surface area contributed by atoms with E-state index in [2.05, 4.69) is 6.58 Å². The third kappa shape index (κ3) is 3.81. The molecule has 0 amide bonds. The summed E-state index contributed by atoms with van der Waals surface area (Å²) in [5.74, 6) is 2.55. The van der Waals surface area contributed by atoms with Gasteiger partial charge in [0.15, 0.2) is 17.3 Å². The van der Waals surface area contributed by atoms with E-state index in [1.165, 1.54) is 21.3 Å². The maximum atomic E-state index is 12.7. The minimum absolute atomic E-state index is 0.199. The first-order chi connectivity index (χ1) is 13.5. The number of hydrogen-bond acceptors (Lipinski definition) is 6. The fraction of sp³-hybridized carbons (Fsp3) is 0.227. The Labute approximate surface area is 163 Å². The Morgan fingerprint density at radius 2 is 1.75 bits per heavy atom. The molecule has 146 valence electrons. The number of carbonyl (C=O) groups excluding carboxylic acids is 1. The molecule has 0 saturated heterocycles. The summed E-state index contributed by atoms with van der Waals surface area (Å²) in [6.07, 6.45) is 1.64. The van der Waals surface area contributed by atoms with Gasteiger partial charge in [-0.25, -0.2) is 0 Å². The monoisotopic (exact) mass is 382 g/mol. The van der Waals surface area contributed by atoms with E-state index in [-0.39, 0.29) is 11.5 Å². The number of allylic oxidation sites excluding steroid dienone is 1. The van der Waals surface area contributed by atoms with Crippen LogP contribution in [0.4, 0.5) is 0 Å².